The fourth-order valence-electron chi connectivity index (χ4n) is 3.65. The number of aromatic nitrogens is 3. The number of unbranched alkanes of at least 4 members (excludes halogenated alkanes) is 5. The van der Waals surface area contributed by atoms with Gasteiger partial charge in [-0.05, 0) is 42.7 Å². The number of hydrogen-bond acceptors (Lipinski definition) is 5. The fraction of sp³-hybridized carbons (Fsp3) is 0.440. The zero-order valence-electron chi connectivity index (χ0n) is 20.1. The van der Waals surface area contributed by atoms with Crippen molar-refractivity contribution in [3.63, 3.8) is 0 Å². The van der Waals surface area contributed by atoms with E-state index in [-0.39, 0.29) is 12.3 Å². The van der Waals surface area contributed by atoms with Crippen molar-refractivity contribution in [1.29, 1.82) is 0 Å². The Morgan fingerprint density at radius 2 is 1.74 bits per heavy atom. The Balaban J connectivity index is 1.75. The Labute approximate surface area is 222 Å². The topological polar surface area (TPSA) is 76.9 Å². The van der Waals surface area contributed by atoms with Gasteiger partial charge in [-0.1, -0.05) is 98.3 Å². The van der Waals surface area contributed by atoms with Gasteiger partial charge in [0.25, 0.3) is 0 Å². The molecule has 0 saturated carbocycles. The lowest BCUT2D eigenvalue weighted by Crippen LogP contribution is -2.27. The lowest BCUT2D eigenvalue weighted by atomic mass is 10.1. The lowest BCUT2D eigenvalue weighted by molar-refractivity contribution is 0.568. The monoisotopic (exact) mass is 554 g/mol. The normalized spacial score (nSPS) is 11.8. The van der Waals surface area contributed by atoms with Crippen molar-refractivity contribution in [3.05, 3.63) is 69.5 Å². The average molecular weight is 556 g/mol. The SMILES string of the molecule is CCCCCCCCS(=O)(=O)NCc1nnc(SCc2ccccc2C)n1-c1ccc(Cl)cc1Cl. The summed E-state index contributed by atoms with van der Waals surface area (Å²) in [5.41, 5.74) is 3.03. The molecule has 3 rings (SSSR count). The minimum absolute atomic E-state index is 0.0229. The molecule has 0 aliphatic rings. The minimum atomic E-state index is -3.43. The molecule has 0 radical (unpaired) electrons. The molecule has 1 heterocycles. The molecule has 0 spiro atoms. The number of rotatable bonds is 14. The molecule has 190 valence electrons. The van der Waals surface area contributed by atoms with Gasteiger partial charge in [-0.25, -0.2) is 13.1 Å². The highest BCUT2D eigenvalue weighted by Crippen LogP contribution is 2.31. The first-order valence-electron chi connectivity index (χ1n) is 11.8. The second kappa shape index (κ2) is 13.7. The van der Waals surface area contributed by atoms with Crippen LogP contribution in [0.4, 0.5) is 0 Å². The second-order valence-electron chi connectivity index (χ2n) is 8.45. The van der Waals surface area contributed by atoms with Gasteiger partial charge in [0.15, 0.2) is 11.0 Å². The molecule has 0 fully saturated rings. The summed E-state index contributed by atoms with van der Waals surface area (Å²) in [5.74, 6) is 1.26. The summed E-state index contributed by atoms with van der Waals surface area (Å²) in [4.78, 5) is 0. The molecule has 0 aliphatic heterocycles. The summed E-state index contributed by atoms with van der Waals surface area (Å²) in [6.07, 6.45) is 6.14. The maximum Gasteiger partial charge on any atom is 0.212 e. The van der Waals surface area contributed by atoms with Crippen LogP contribution in [0.3, 0.4) is 0 Å². The van der Waals surface area contributed by atoms with Gasteiger partial charge in [-0.2, -0.15) is 0 Å². The van der Waals surface area contributed by atoms with Gasteiger partial charge in [0.1, 0.15) is 0 Å². The molecule has 35 heavy (non-hydrogen) atoms. The molecule has 1 N–H and O–H groups in total. The molecular formula is C25H32Cl2N4O2S2. The first-order chi connectivity index (χ1) is 16.8. The lowest BCUT2D eigenvalue weighted by Gasteiger charge is -2.13. The summed E-state index contributed by atoms with van der Waals surface area (Å²) >= 11 is 14.1. The minimum Gasteiger partial charge on any atom is -0.271 e. The van der Waals surface area contributed by atoms with Gasteiger partial charge < -0.3 is 0 Å². The summed E-state index contributed by atoms with van der Waals surface area (Å²) in [5, 5.41) is 10.2. The summed E-state index contributed by atoms with van der Waals surface area (Å²) < 4.78 is 29.7. The largest absolute Gasteiger partial charge is 0.271 e. The Morgan fingerprint density at radius 1 is 1.00 bits per heavy atom. The summed E-state index contributed by atoms with van der Waals surface area (Å²) in [6, 6.07) is 13.4. The molecule has 0 bridgehead atoms. The van der Waals surface area contributed by atoms with Crippen molar-refractivity contribution in [2.24, 2.45) is 0 Å². The summed E-state index contributed by atoms with van der Waals surface area (Å²) in [7, 11) is -3.43. The van der Waals surface area contributed by atoms with E-state index in [1.54, 1.807) is 22.8 Å². The molecule has 3 aromatic rings. The molecule has 10 heteroatoms. The molecule has 0 amide bonds. The highest BCUT2D eigenvalue weighted by atomic mass is 35.5. The highest BCUT2D eigenvalue weighted by Gasteiger charge is 2.19. The third kappa shape index (κ3) is 8.50. The molecule has 0 atom stereocenters. The van der Waals surface area contributed by atoms with Crippen LogP contribution in [0.1, 0.15) is 62.4 Å². The van der Waals surface area contributed by atoms with Crippen LogP contribution in [-0.2, 0) is 22.3 Å². The zero-order chi connectivity index (χ0) is 25.3. The Bertz CT molecular complexity index is 1220. The van der Waals surface area contributed by atoms with Crippen LogP contribution in [-0.4, -0.2) is 28.9 Å². The first kappa shape index (κ1) is 28.0. The van der Waals surface area contributed by atoms with Gasteiger partial charge >= 0.3 is 0 Å². The predicted octanol–water partition coefficient (Wildman–Crippen LogP) is 6.95. The van der Waals surface area contributed by atoms with Gasteiger partial charge in [0, 0.05) is 10.8 Å². The quantitative estimate of drug-likeness (QED) is 0.172. The van der Waals surface area contributed by atoms with E-state index in [2.05, 4.69) is 40.9 Å². The number of nitrogens with one attached hydrogen (secondary N) is 1. The van der Waals surface area contributed by atoms with E-state index >= 15 is 0 Å². The van der Waals surface area contributed by atoms with Gasteiger partial charge in [-0.3, -0.25) is 4.57 Å². The van der Waals surface area contributed by atoms with Crippen LogP contribution in [0, 0.1) is 6.92 Å². The van der Waals surface area contributed by atoms with Crippen molar-refractivity contribution in [1.82, 2.24) is 19.5 Å². The molecule has 0 unspecified atom stereocenters. The van der Waals surface area contributed by atoms with Crippen molar-refractivity contribution in [2.75, 3.05) is 5.75 Å². The number of hydrogen-bond donors (Lipinski definition) is 1. The highest BCUT2D eigenvalue weighted by molar-refractivity contribution is 7.98. The van der Waals surface area contributed by atoms with Crippen LogP contribution < -0.4 is 4.72 Å². The predicted molar refractivity (Wildman–Crippen MR) is 146 cm³/mol. The van der Waals surface area contributed by atoms with Crippen molar-refractivity contribution in [3.8, 4) is 5.69 Å². The van der Waals surface area contributed by atoms with E-state index in [1.807, 2.05) is 12.1 Å². The van der Waals surface area contributed by atoms with E-state index in [0.29, 0.717) is 38.9 Å². The molecule has 6 nitrogen and oxygen atoms in total. The smallest absolute Gasteiger partial charge is 0.212 e. The van der Waals surface area contributed by atoms with Crippen molar-refractivity contribution < 1.29 is 8.42 Å². The van der Waals surface area contributed by atoms with Gasteiger partial charge in [-0.15, -0.1) is 10.2 Å². The third-order valence-electron chi connectivity index (χ3n) is 5.69. The number of nitrogens with zero attached hydrogens (tertiary/aromatic N) is 3. The number of aryl methyl sites for hydroxylation is 1. The van der Waals surface area contributed by atoms with Crippen LogP contribution >= 0.6 is 35.0 Å². The van der Waals surface area contributed by atoms with Crippen molar-refractivity contribution in [2.45, 2.75) is 69.8 Å². The Morgan fingerprint density at radius 3 is 2.49 bits per heavy atom. The maximum atomic E-state index is 12.6. The molecule has 0 saturated heterocycles. The van der Waals surface area contributed by atoms with E-state index in [9.17, 15) is 8.42 Å². The second-order valence-corrected chi connectivity index (χ2v) is 12.2. The average Bonchev–Trinajstić information content (AvgIpc) is 3.22. The molecule has 2 aromatic carbocycles. The first-order valence-corrected chi connectivity index (χ1v) is 15.2. The molecule has 1 aromatic heterocycles. The molecular weight excluding hydrogens is 523 g/mol. The van der Waals surface area contributed by atoms with Gasteiger partial charge in [0.05, 0.1) is 23.0 Å². The number of thioether (sulfide) groups is 1. The number of benzene rings is 2. The molecule has 0 aliphatic carbocycles. The summed E-state index contributed by atoms with van der Waals surface area (Å²) in [6.45, 7) is 4.26. The fourth-order valence-corrected chi connectivity index (χ4v) is 6.26. The van der Waals surface area contributed by atoms with E-state index in [0.717, 1.165) is 19.3 Å². The van der Waals surface area contributed by atoms with Crippen molar-refractivity contribution >= 4 is 45.0 Å². The van der Waals surface area contributed by atoms with Crippen LogP contribution in [0.2, 0.25) is 10.0 Å². The van der Waals surface area contributed by atoms with E-state index in [1.165, 1.54) is 35.7 Å². The Kier molecular flexibility index (Phi) is 10.9. The third-order valence-corrected chi connectivity index (χ3v) is 8.61. The Hall–Kier alpha value is -1.58. The standard InChI is InChI=1S/C25H32Cl2N4O2S2/c1-3-4-5-6-7-10-15-35(32,33)28-17-24-29-30-25(34-18-20-12-9-8-11-19(20)2)31(24)23-14-13-21(26)16-22(23)27/h8-9,11-14,16,28H,3-7,10,15,17-18H2,1-2H3. The number of halogens is 2. The van der Waals surface area contributed by atoms with Crippen LogP contribution in [0.15, 0.2) is 47.6 Å². The number of sulfonamides is 1. The van der Waals surface area contributed by atoms with E-state index < -0.39 is 10.0 Å². The maximum absolute atomic E-state index is 12.6. The van der Waals surface area contributed by atoms with E-state index in [4.69, 9.17) is 23.2 Å². The zero-order valence-corrected chi connectivity index (χ0v) is 23.3. The van der Waals surface area contributed by atoms with Crippen LogP contribution in [0.5, 0.6) is 0 Å². The van der Waals surface area contributed by atoms with Crippen LogP contribution in [0.25, 0.3) is 5.69 Å². The van der Waals surface area contributed by atoms with Gasteiger partial charge in [0.2, 0.25) is 10.0 Å².